The van der Waals surface area contributed by atoms with Gasteiger partial charge >= 0.3 is 0 Å². The number of nitrogens with one attached hydrogen (secondary N) is 2. The van der Waals surface area contributed by atoms with Crippen molar-refractivity contribution in [2.45, 2.75) is 44.0 Å². The number of H-pyrrole nitrogens is 1. The molecule has 0 radical (unpaired) electrons. The Morgan fingerprint density at radius 3 is 3.16 bits per heavy atom. The standard InChI is InChI=1S/C16H22N2S/c1-2-19-16-5-3-4-14(16)18-11-12-6-7-13-8-9-17-15(13)10-12/h6-10,14,16-18H,2-5,11H2,1H3. The molecule has 0 bridgehead atoms. The molecular formula is C16H22N2S. The van der Waals surface area contributed by atoms with Crippen molar-refractivity contribution in [3.05, 3.63) is 36.0 Å². The third-order valence-corrected chi connectivity index (χ3v) is 5.35. The number of aromatic nitrogens is 1. The van der Waals surface area contributed by atoms with Crippen molar-refractivity contribution >= 4 is 22.7 Å². The molecule has 0 aliphatic heterocycles. The number of hydrogen-bond acceptors (Lipinski definition) is 2. The van der Waals surface area contributed by atoms with E-state index in [4.69, 9.17) is 0 Å². The van der Waals surface area contributed by atoms with Crippen molar-refractivity contribution in [1.29, 1.82) is 0 Å². The zero-order chi connectivity index (χ0) is 13.1. The Balaban J connectivity index is 1.61. The molecule has 0 saturated heterocycles. The number of hydrogen-bond donors (Lipinski definition) is 2. The third kappa shape index (κ3) is 2.98. The fourth-order valence-electron chi connectivity index (χ4n) is 3.03. The minimum Gasteiger partial charge on any atom is -0.361 e. The topological polar surface area (TPSA) is 27.8 Å². The van der Waals surface area contributed by atoms with Gasteiger partial charge in [-0.3, -0.25) is 0 Å². The number of benzene rings is 1. The van der Waals surface area contributed by atoms with Gasteiger partial charge in [0.05, 0.1) is 0 Å². The third-order valence-electron chi connectivity index (χ3n) is 4.02. The zero-order valence-electron chi connectivity index (χ0n) is 11.5. The highest BCUT2D eigenvalue weighted by Crippen LogP contribution is 2.30. The Morgan fingerprint density at radius 1 is 1.32 bits per heavy atom. The predicted octanol–water partition coefficient (Wildman–Crippen LogP) is 3.93. The van der Waals surface area contributed by atoms with Crippen LogP contribution in [0.5, 0.6) is 0 Å². The summed E-state index contributed by atoms with van der Waals surface area (Å²) >= 11 is 2.12. The molecule has 2 aromatic rings. The summed E-state index contributed by atoms with van der Waals surface area (Å²) in [7, 11) is 0. The van der Waals surface area contributed by atoms with Gasteiger partial charge in [0.25, 0.3) is 0 Å². The van der Waals surface area contributed by atoms with Gasteiger partial charge in [0.15, 0.2) is 0 Å². The molecule has 3 rings (SSSR count). The fourth-order valence-corrected chi connectivity index (χ4v) is 4.25. The molecule has 1 aliphatic rings. The maximum Gasteiger partial charge on any atom is 0.0457 e. The van der Waals surface area contributed by atoms with Crippen LogP contribution in [0.2, 0.25) is 0 Å². The van der Waals surface area contributed by atoms with Crippen LogP contribution in [0.1, 0.15) is 31.7 Å². The Morgan fingerprint density at radius 2 is 2.26 bits per heavy atom. The van der Waals surface area contributed by atoms with Crippen molar-refractivity contribution in [2.75, 3.05) is 5.75 Å². The SMILES string of the molecule is CCSC1CCCC1NCc1ccc2cc[nH]c2c1. The maximum absolute atomic E-state index is 3.75. The molecule has 3 heteroatoms. The van der Waals surface area contributed by atoms with Gasteiger partial charge in [-0.15, -0.1) is 0 Å². The Bertz CT molecular complexity index is 534. The lowest BCUT2D eigenvalue weighted by atomic mass is 10.1. The van der Waals surface area contributed by atoms with E-state index in [0.29, 0.717) is 6.04 Å². The van der Waals surface area contributed by atoms with E-state index in [1.54, 1.807) is 0 Å². The van der Waals surface area contributed by atoms with Crippen molar-refractivity contribution < 1.29 is 0 Å². The fraction of sp³-hybridized carbons (Fsp3) is 0.500. The van der Waals surface area contributed by atoms with Crippen LogP contribution in [0.25, 0.3) is 10.9 Å². The summed E-state index contributed by atoms with van der Waals surface area (Å²) in [5.41, 5.74) is 2.62. The van der Waals surface area contributed by atoms with Crippen molar-refractivity contribution in [3.8, 4) is 0 Å². The van der Waals surface area contributed by atoms with Crippen LogP contribution in [0.15, 0.2) is 30.5 Å². The first-order valence-electron chi connectivity index (χ1n) is 7.28. The number of rotatable bonds is 5. The van der Waals surface area contributed by atoms with E-state index >= 15 is 0 Å². The van der Waals surface area contributed by atoms with E-state index in [9.17, 15) is 0 Å². The van der Waals surface area contributed by atoms with Gasteiger partial charge in [-0.2, -0.15) is 11.8 Å². The summed E-state index contributed by atoms with van der Waals surface area (Å²) in [6.45, 7) is 3.25. The monoisotopic (exact) mass is 274 g/mol. The first-order chi connectivity index (χ1) is 9.36. The highest BCUT2D eigenvalue weighted by Gasteiger charge is 2.26. The first-order valence-corrected chi connectivity index (χ1v) is 8.32. The lowest BCUT2D eigenvalue weighted by molar-refractivity contribution is 0.532. The molecule has 2 atom stereocenters. The summed E-state index contributed by atoms with van der Waals surface area (Å²) in [5.74, 6) is 1.23. The van der Waals surface area contributed by atoms with Crippen LogP contribution in [-0.4, -0.2) is 22.0 Å². The predicted molar refractivity (Wildman–Crippen MR) is 84.7 cm³/mol. The maximum atomic E-state index is 3.75. The van der Waals surface area contributed by atoms with Crippen LogP contribution in [0.3, 0.4) is 0 Å². The van der Waals surface area contributed by atoms with Gasteiger partial charge in [0.2, 0.25) is 0 Å². The Kier molecular flexibility index (Phi) is 4.14. The van der Waals surface area contributed by atoms with Crippen LogP contribution in [0, 0.1) is 0 Å². The minimum atomic E-state index is 0.698. The molecule has 0 amide bonds. The summed E-state index contributed by atoms with van der Waals surface area (Å²) in [6, 6.07) is 9.52. The van der Waals surface area contributed by atoms with E-state index < -0.39 is 0 Å². The second-order valence-electron chi connectivity index (χ2n) is 5.31. The summed E-state index contributed by atoms with van der Waals surface area (Å²) < 4.78 is 0. The second-order valence-corrected chi connectivity index (χ2v) is 6.83. The van der Waals surface area contributed by atoms with Gasteiger partial charge in [-0.05, 0) is 41.7 Å². The quantitative estimate of drug-likeness (QED) is 0.864. The van der Waals surface area contributed by atoms with Crippen molar-refractivity contribution in [3.63, 3.8) is 0 Å². The number of fused-ring (bicyclic) bond motifs is 1. The Hall–Kier alpha value is -0.930. The summed E-state index contributed by atoms with van der Waals surface area (Å²) in [4.78, 5) is 3.29. The Labute approximate surface area is 119 Å². The van der Waals surface area contributed by atoms with Crippen molar-refractivity contribution in [1.82, 2.24) is 10.3 Å². The van der Waals surface area contributed by atoms with Crippen molar-refractivity contribution in [2.24, 2.45) is 0 Å². The molecule has 2 nitrogen and oxygen atoms in total. The highest BCUT2D eigenvalue weighted by molar-refractivity contribution is 7.99. The molecule has 0 spiro atoms. The molecule has 19 heavy (non-hydrogen) atoms. The van der Waals surface area contributed by atoms with Gasteiger partial charge in [-0.25, -0.2) is 0 Å². The second kappa shape index (κ2) is 6.02. The lowest BCUT2D eigenvalue weighted by Crippen LogP contribution is -2.33. The van der Waals surface area contributed by atoms with E-state index in [0.717, 1.165) is 11.8 Å². The van der Waals surface area contributed by atoms with Crippen LogP contribution < -0.4 is 5.32 Å². The van der Waals surface area contributed by atoms with Crippen LogP contribution in [-0.2, 0) is 6.54 Å². The van der Waals surface area contributed by atoms with E-state index in [2.05, 4.69) is 53.3 Å². The largest absolute Gasteiger partial charge is 0.361 e. The first kappa shape index (κ1) is 13.1. The van der Waals surface area contributed by atoms with Gasteiger partial charge < -0.3 is 10.3 Å². The van der Waals surface area contributed by atoms with Gasteiger partial charge in [0.1, 0.15) is 0 Å². The molecule has 1 aliphatic carbocycles. The van der Waals surface area contributed by atoms with Gasteiger partial charge in [-0.1, -0.05) is 25.5 Å². The van der Waals surface area contributed by atoms with Crippen LogP contribution >= 0.6 is 11.8 Å². The molecule has 1 aromatic heterocycles. The van der Waals surface area contributed by atoms with E-state index in [1.807, 2.05) is 6.20 Å². The molecule has 102 valence electrons. The molecule has 1 heterocycles. The number of thioether (sulfide) groups is 1. The molecule has 1 fully saturated rings. The zero-order valence-corrected chi connectivity index (χ0v) is 12.3. The molecule has 1 saturated carbocycles. The average molecular weight is 274 g/mol. The van der Waals surface area contributed by atoms with Gasteiger partial charge in [0, 0.05) is 29.6 Å². The van der Waals surface area contributed by atoms with E-state index in [-0.39, 0.29) is 0 Å². The molecule has 1 aromatic carbocycles. The smallest absolute Gasteiger partial charge is 0.0457 e. The molecule has 2 unspecified atom stereocenters. The minimum absolute atomic E-state index is 0.698. The normalized spacial score (nSPS) is 23.2. The molecule has 2 N–H and O–H groups in total. The summed E-state index contributed by atoms with van der Waals surface area (Å²) in [5, 5.41) is 5.87. The van der Waals surface area contributed by atoms with E-state index in [1.165, 1.54) is 41.5 Å². The summed E-state index contributed by atoms with van der Waals surface area (Å²) in [6.07, 6.45) is 6.10. The molecular weight excluding hydrogens is 252 g/mol. The lowest BCUT2D eigenvalue weighted by Gasteiger charge is -2.20. The highest BCUT2D eigenvalue weighted by atomic mass is 32.2. The van der Waals surface area contributed by atoms with Crippen LogP contribution in [0.4, 0.5) is 0 Å². The average Bonchev–Trinajstić information content (AvgIpc) is 3.05. The number of aromatic amines is 1.